The number of methoxy groups -OCH3 is 2. The van der Waals surface area contributed by atoms with Crippen LogP contribution in [-0.4, -0.2) is 46.5 Å². The number of amidine groups is 1. The minimum atomic E-state index is -0.206. The molecule has 0 atom stereocenters. The van der Waals surface area contributed by atoms with Crippen LogP contribution in [0.1, 0.15) is 16.9 Å². The highest BCUT2D eigenvalue weighted by Gasteiger charge is 2.34. The van der Waals surface area contributed by atoms with E-state index in [1.807, 2.05) is 6.07 Å². The van der Waals surface area contributed by atoms with Gasteiger partial charge in [0.05, 0.1) is 38.1 Å². The summed E-state index contributed by atoms with van der Waals surface area (Å²) >= 11 is 1.21. The molecule has 33 heavy (non-hydrogen) atoms. The molecule has 1 aliphatic rings. The number of carbonyl (C=O) groups is 1. The van der Waals surface area contributed by atoms with E-state index in [-0.39, 0.29) is 29.7 Å². The molecule has 1 aliphatic heterocycles. The second-order valence-corrected chi connectivity index (χ2v) is 7.78. The van der Waals surface area contributed by atoms with Crippen molar-refractivity contribution in [3.63, 3.8) is 0 Å². The van der Waals surface area contributed by atoms with Crippen molar-refractivity contribution >= 4 is 35.1 Å². The Kier molecular flexibility index (Phi) is 6.75. The molecule has 1 amide bonds. The molecule has 1 saturated heterocycles. The van der Waals surface area contributed by atoms with E-state index in [9.17, 15) is 9.90 Å². The average molecular weight is 465 g/mol. The zero-order chi connectivity index (χ0) is 23.2. The van der Waals surface area contributed by atoms with E-state index in [4.69, 9.17) is 13.9 Å². The normalized spacial score (nSPS) is 16.3. The van der Waals surface area contributed by atoms with E-state index in [1.165, 1.54) is 37.1 Å². The Labute approximate surface area is 194 Å². The van der Waals surface area contributed by atoms with Crippen molar-refractivity contribution in [1.29, 1.82) is 0 Å². The van der Waals surface area contributed by atoms with Crippen molar-refractivity contribution in [3.05, 3.63) is 76.8 Å². The Balaban J connectivity index is 1.63. The number of phenolic OH excluding ortho intramolecular Hbond substituents is 1. The van der Waals surface area contributed by atoms with Crippen LogP contribution in [0.3, 0.4) is 0 Å². The molecule has 168 valence electrons. The van der Waals surface area contributed by atoms with Gasteiger partial charge in [0.25, 0.3) is 5.91 Å². The molecule has 2 aromatic heterocycles. The Morgan fingerprint density at radius 3 is 2.61 bits per heavy atom. The van der Waals surface area contributed by atoms with Gasteiger partial charge in [-0.1, -0.05) is 6.07 Å². The van der Waals surface area contributed by atoms with E-state index < -0.39 is 0 Å². The molecule has 0 spiro atoms. The fourth-order valence-electron chi connectivity index (χ4n) is 3.03. The van der Waals surface area contributed by atoms with Gasteiger partial charge in [-0.2, -0.15) is 5.10 Å². The van der Waals surface area contributed by atoms with Gasteiger partial charge in [0.15, 0.2) is 16.7 Å². The van der Waals surface area contributed by atoms with Gasteiger partial charge >= 0.3 is 0 Å². The van der Waals surface area contributed by atoms with E-state index in [0.717, 1.165) is 5.56 Å². The number of hydrogen-bond donors (Lipinski definition) is 1. The maximum Gasteiger partial charge on any atom is 0.267 e. The number of hydrogen-bond acceptors (Lipinski definition) is 9. The van der Waals surface area contributed by atoms with Gasteiger partial charge in [-0.05, 0) is 53.7 Å². The maximum absolute atomic E-state index is 13.1. The Morgan fingerprint density at radius 1 is 1.18 bits per heavy atom. The lowest BCUT2D eigenvalue weighted by molar-refractivity contribution is -0.122. The van der Waals surface area contributed by atoms with Crippen LogP contribution in [-0.2, 0) is 11.3 Å². The van der Waals surface area contributed by atoms with Crippen LogP contribution in [0.2, 0.25) is 0 Å². The Morgan fingerprint density at radius 2 is 1.97 bits per heavy atom. The molecule has 3 heterocycles. The van der Waals surface area contributed by atoms with Crippen LogP contribution in [0.15, 0.2) is 74.6 Å². The first-order valence-electron chi connectivity index (χ1n) is 9.79. The van der Waals surface area contributed by atoms with Crippen LogP contribution in [0.5, 0.6) is 17.2 Å². The summed E-state index contributed by atoms with van der Waals surface area (Å²) in [5, 5.41) is 18.9. The van der Waals surface area contributed by atoms with Crippen molar-refractivity contribution in [3.8, 4) is 17.2 Å². The summed E-state index contributed by atoms with van der Waals surface area (Å²) < 4.78 is 15.7. The van der Waals surface area contributed by atoms with Gasteiger partial charge in [-0.25, -0.2) is 0 Å². The van der Waals surface area contributed by atoms with Gasteiger partial charge in [-0.3, -0.25) is 14.7 Å². The molecule has 9 nitrogen and oxygen atoms in total. The first-order valence-corrected chi connectivity index (χ1v) is 10.6. The summed E-state index contributed by atoms with van der Waals surface area (Å²) in [7, 11) is 2.89. The fourth-order valence-corrected chi connectivity index (χ4v) is 3.96. The Bertz CT molecular complexity index is 1200. The van der Waals surface area contributed by atoms with E-state index >= 15 is 0 Å². The largest absolute Gasteiger partial charge is 0.502 e. The first-order chi connectivity index (χ1) is 16.1. The highest BCUT2D eigenvalue weighted by Crippen LogP contribution is 2.37. The molecular formula is C23H20N4O5S. The van der Waals surface area contributed by atoms with Gasteiger partial charge in [-0.15, -0.1) is 5.10 Å². The summed E-state index contributed by atoms with van der Waals surface area (Å²) in [6.45, 7) is 0.221. The molecule has 3 aromatic rings. The van der Waals surface area contributed by atoms with Crippen molar-refractivity contribution in [2.45, 2.75) is 6.54 Å². The second-order valence-electron chi connectivity index (χ2n) is 6.77. The summed E-state index contributed by atoms with van der Waals surface area (Å²) in [5.74, 6) is 0.804. The number of thioether (sulfide) groups is 1. The predicted octanol–water partition coefficient (Wildman–Crippen LogP) is 3.90. The van der Waals surface area contributed by atoms with E-state index in [2.05, 4.69) is 15.2 Å². The number of nitrogens with zero attached hydrogens (tertiary/aromatic N) is 4. The minimum Gasteiger partial charge on any atom is -0.502 e. The zero-order valence-electron chi connectivity index (χ0n) is 17.8. The Hall–Kier alpha value is -4.05. The number of pyridine rings is 1. The number of amides is 1. The number of carbonyl (C=O) groups excluding carboxylic acids is 1. The van der Waals surface area contributed by atoms with Gasteiger partial charge in [0, 0.05) is 18.0 Å². The molecule has 4 rings (SSSR count). The molecule has 0 bridgehead atoms. The van der Waals surface area contributed by atoms with E-state index in [0.29, 0.717) is 21.4 Å². The van der Waals surface area contributed by atoms with Crippen LogP contribution >= 0.6 is 11.8 Å². The number of aromatic nitrogens is 1. The molecule has 1 N–H and O–H groups in total. The smallest absolute Gasteiger partial charge is 0.267 e. The molecule has 10 heteroatoms. The SMILES string of the molecule is COc1cc(/C=N/N=C2\S/C(=C\c3cccnc3)C(=O)N2Cc2ccco2)cc(OC)c1O. The van der Waals surface area contributed by atoms with Crippen LogP contribution in [0.4, 0.5) is 0 Å². The topological polar surface area (TPSA) is 110 Å². The summed E-state index contributed by atoms with van der Waals surface area (Å²) in [6.07, 6.45) is 8.14. The lowest BCUT2D eigenvalue weighted by atomic mass is 10.2. The predicted molar refractivity (Wildman–Crippen MR) is 125 cm³/mol. The van der Waals surface area contributed by atoms with Crippen molar-refractivity contribution in [2.75, 3.05) is 14.2 Å². The number of ether oxygens (including phenoxy) is 2. The van der Waals surface area contributed by atoms with Gasteiger partial charge < -0.3 is 19.0 Å². The molecule has 0 aliphatic carbocycles. The van der Waals surface area contributed by atoms with Crippen LogP contribution in [0.25, 0.3) is 6.08 Å². The monoisotopic (exact) mass is 464 g/mol. The van der Waals surface area contributed by atoms with Crippen molar-refractivity contribution in [2.24, 2.45) is 10.2 Å². The number of benzene rings is 1. The lowest BCUT2D eigenvalue weighted by Gasteiger charge is -2.12. The lowest BCUT2D eigenvalue weighted by Crippen LogP contribution is -2.28. The molecule has 0 saturated carbocycles. The zero-order valence-corrected chi connectivity index (χ0v) is 18.7. The highest BCUT2D eigenvalue weighted by molar-refractivity contribution is 8.18. The quantitative estimate of drug-likeness (QED) is 0.321. The van der Waals surface area contributed by atoms with Gasteiger partial charge in [0.1, 0.15) is 5.76 Å². The van der Waals surface area contributed by atoms with Crippen molar-refractivity contribution < 1.29 is 23.8 Å². The molecule has 1 fully saturated rings. The third kappa shape index (κ3) is 5.07. The fraction of sp³-hybridized carbons (Fsp3) is 0.130. The van der Waals surface area contributed by atoms with Crippen molar-refractivity contribution in [1.82, 2.24) is 9.88 Å². The minimum absolute atomic E-state index is 0.102. The van der Waals surface area contributed by atoms with Crippen LogP contribution in [0, 0.1) is 0 Å². The molecular weight excluding hydrogens is 444 g/mol. The number of phenols is 1. The first kappa shape index (κ1) is 22.2. The molecule has 1 aromatic carbocycles. The van der Waals surface area contributed by atoms with Gasteiger partial charge in [0.2, 0.25) is 5.75 Å². The number of rotatable bonds is 7. The number of aromatic hydroxyl groups is 1. The highest BCUT2D eigenvalue weighted by atomic mass is 32.2. The third-order valence-corrected chi connectivity index (χ3v) is 5.61. The average Bonchev–Trinajstić information content (AvgIpc) is 3.45. The standard InChI is InChI=1S/C23H20N4O5S/c1-30-18-9-16(10-19(31-2)21(18)28)13-25-26-23-27(14-17-6-4-8-32-17)22(29)20(33-23)11-15-5-3-7-24-12-15/h3-13,28H,14H2,1-2H3/b20-11-,25-13+,26-23-. The summed E-state index contributed by atoms with van der Waals surface area (Å²) in [6, 6.07) is 10.4. The van der Waals surface area contributed by atoms with Crippen LogP contribution < -0.4 is 9.47 Å². The number of furan rings is 1. The third-order valence-electron chi connectivity index (χ3n) is 4.62. The maximum atomic E-state index is 13.1. The molecule has 0 unspecified atom stereocenters. The summed E-state index contributed by atoms with van der Waals surface area (Å²) in [4.78, 5) is 19.1. The van der Waals surface area contributed by atoms with E-state index in [1.54, 1.807) is 55.1 Å². The summed E-state index contributed by atoms with van der Waals surface area (Å²) in [5.41, 5.74) is 1.41. The molecule has 0 radical (unpaired) electrons. The second kappa shape index (κ2) is 10.0.